The summed E-state index contributed by atoms with van der Waals surface area (Å²) < 4.78 is 30.0. The predicted molar refractivity (Wildman–Crippen MR) is 99.1 cm³/mol. The third-order valence-corrected chi connectivity index (χ3v) is 4.45. The number of amides is 1. The molecule has 0 radical (unpaired) electrons. The standard InChI is InChI=1S/C21H16FNO5/c1-26-21(25)14-6-4-8-16-19(14)27-12-11-23(16)20(24)18-10-9-17(28-18)13-5-2-3-7-15(13)22/h2-10H,11-12H2,1H3. The van der Waals surface area contributed by atoms with E-state index in [2.05, 4.69) is 0 Å². The van der Waals surface area contributed by atoms with Crippen molar-refractivity contribution < 1.29 is 27.9 Å². The second-order valence-electron chi connectivity index (χ2n) is 6.09. The summed E-state index contributed by atoms with van der Waals surface area (Å²) in [5, 5.41) is 0. The Balaban J connectivity index is 1.68. The molecule has 7 heteroatoms. The maximum atomic E-state index is 14.0. The lowest BCUT2D eigenvalue weighted by Crippen LogP contribution is -2.38. The number of hydrogen-bond donors (Lipinski definition) is 0. The van der Waals surface area contributed by atoms with Crippen molar-refractivity contribution in [1.29, 1.82) is 0 Å². The van der Waals surface area contributed by atoms with Crippen LogP contribution in [0.25, 0.3) is 11.3 Å². The molecule has 0 saturated carbocycles. The molecule has 4 rings (SSSR count). The Hall–Kier alpha value is -3.61. The Morgan fingerprint density at radius 2 is 1.89 bits per heavy atom. The van der Waals surface area contributed by atoms with Gasteiger partial charge < -0.3 is 13.9 Å². The number of hydrogen-bond acceptors (Lipinski definition) is 5. The molecule has 3 aromatic rings. The van der Waals surface area contributed by atoms with Gasteiger partial charge in [0.25, 0.3) is 5.91 Å². The molecule has 28 heavy (non-hydrogen) atoms. The molecule has 0 aliphatic carbocycles. The number of anilines is 1. The van der Waals surface area contributed by atoms with Crippen LogP contribution in [0, 0.1) is 5.82 Å². The largest absolute Gasteiger partial charge is 0.489 e. The smallest absolute Gasteiger partial charge is 0.341 e. The van der Waals surface area contributed by atoms with E-state index in [1.807, 2.05) is 0 Å². The van der Waals surface area contributed by atoms with Crippen molar-refractivity contribution >= 4 is 17.6 Å². The number of rotatable bonds is 3. The molecule has 0 fully saturated rings. The van der Waals surface area contributed by atoms with Crippen molar-refractivity contribution in [3.05, 3.63) is 71.7 Å². The van der Waals surface area contributed by atoms with Gasteiger partial charge in [-0.05, 0) is 36.4 Å². The van der Waals surface area contributed by atoms with Gasteiger partial charge in [-0.2, -0.15) is 0 Å². The summed E-state index contributed by atoms with van der Waals surface area (Å²) in [6, 6.07) is 14.1. The Bertz CT molecular complexity index is 1060. The van der Waals surface area contributed by atoms with Gasteiger partial charge in [-0.15, -0.1) is 0 Å². The Morgan fingerprint density at radius 1 is 1.07 bits per heavy atom. The Morgan fingerprint density at radius 3 is 2.68 bits per heavy atom. The number of para-hydroxylation sites is 1. The molecule has 1 aromatic heterocycles. The van der Waals surface area contributed by atoms with E-state index in [1.165, 1.54) is 24.1 Å². The fourth-order valence-corrected chi connectivity index (χ4v) is 3.12. The van der Waals surface area contributed by atoms with Crippen LogP contribution in [0.1, 0.15) is 20.9 Å². The second kappa shape index (κ2) is 7.19. The van der Waals surface area contributed by atoms with Crippen molar-refractivity contribution in [2.24, 2.45) is 0 Å². The first-order valence-electron chi connectivity index (χ1n) is 8.61. The number of carbonyl (C=O) groups excluding carboxylic acids is 2. The zero-order valence-electron chi connectivity index (χ0n) is 15.0. The van der Waals surface area contributed by atoms with Crippen LogP contribution in [0.3, 0.4) is 0 Å². The number of fused-ring (bicyclic) bond motifs is 1. The molecule has 6 nitrogen and oxygen atoms in total. The maximum absolute atomic E-state index is 14.0. The minimum atomic E-state index is -0.550. The molecule has 0 bridgehead atoms. The zero-order chi connectivity index (χ0) is 19.7. The van der Waals surface area contributed by atoms with Gasteiger partial charge in [0.1, 0.15) is 23.7 Å². The SMILES string of the molecule is COC(=O)c1cccc2c1OCCN2C(=O)c1ccc(-c2ccccc2F)o1. The van der Waals surface area contributed by atoms with Crippen molar-refractivity contribution in [3.8, 4) is 17.1 Å². The highest BCUT2D eigenvalue weighted by Gasteiger charge is 2.30. The molecule has 2 aromatic carbocycles. The molecule has 0 saturated heterocycles. The molecule has 1 aliphatic rings. The van der Waals surface area contributed by atoms with Gasteiger partial charge in [-0.1, -0.05) is 18.2 Å². The van der Waals surface area contributed by atoms with E-state index in [-0.39, 0.29) is 41.5 Å². The van der Waals surface area contributed by atoms with E-state index in [9.17, 15) is 14.0 Å². The Labute approximate surface area is 160 Å². The van der Waals surface area contributed by atoms with Crippen LogP contribution in [0.2, 0.25) is 0 Å². The molecule has 0 N–H and O–H groups in total. The van der Waals surface area contributed by atoms with Crippen LogP contribution in [0.5, 0.6) is 5.75 Å². The summed E-state index contributed by atoms with van der Waals surface area (Å²) in [6.45, 7) is 0.500. The number of ether oxygens (including phenoxy) is 2. The molecule has 2 heterocycles. The second-order valence-corrected chi connectivity index (χ2v) is 6.09. The number of esters is 1. The first-order valence-corrected chi connectivity index (χ1v) is 8.61. The molecule has 0 atom stereocenters. The van der Waals surface area contributed by atoms with Crippen LogP contribution in [-0.2, 0) is 4.74 Å². The highest BCUT2D eigenvalue weighted by Crippen LogP contribution is 2.36. The van der Waals surface area contributed by atoms with Crippen molar-refractivity contribution in [1.82, 2.24) is 0 Å². The fraction of sp³-hybridized carbons (Fsp3) is 0.143. The topological polar surface area (TPSA) is 69.0 Å². The fourth-order valence-electron chi connectivity index (χ4n) is 3.12. The first kappa shape index (κ1) is 17.8. The van der Waals surface area contributed by atoms with Gasteiger partial charge in [-0.3, -0.25) is 9.69 Å². The predicted octanol–water partition coefficient (Wildman–Crippen LogP) is 3.91. The van der Waals surface area contributed by atoms with Crippen LogP contribution < -0.4 is 9.64 Å². The van der Waals surface area contributed by atoms with E-state index < -0.39 is 17.7 Å². The zero-order valence-corrected chi connectivity index (χ0v) is 15.0. The number of furan rings is 1. The quantitative estimate of drug-likeness (QED) is 0.644. The van der Waals surface area contributed by atoms with Crippen LogP contribution in [0.4, 0.5) is 10.1 Å². The highest BCUT2D eigenvalue weighted by molar-refractivity contribution is 6.07. The molecule has 0 spiro atoms. The number of benzene rings is 2. The molecular formula is C21H16FNO5. The third kappa shape index (κ3) is 3.00. The average molecular weight is 381 g/mol. The van der Waals surface area contributed by atoms with Crippen LogP contribution in [0.15, 0.2) is 59.0 Å². The van der Waals surface area contributed by atoms with Gasteiger partial charge in [0.15, 0.2) is 11.5 Å². The van der Waals surface area contributed by atoms with E-state index in [4.69, 9.17) is 13.9 Å². The third-order valence-electron chi connectivity index (χ3n) is 4.45. The summed E-state index contributed by atoms with van der Waals surface area (Å²) in [6.07, 6.45) is 0. The summed E-state index contributed by atoms with van der Waals surface area (Å²) in [5.41, 5.74) is 0.962. The maximum Gasteiger partial charge on any atom is 0.341 e. The number of nitrogens with zero attached hydrogens (tertiary/aromatic N) is 1. The normalized spacial score (nSPS) is 12.9. The summed E-state index contributed by atoms with van der Waals surface area (Å²) in [4.78, 5) is 26.4. The summed E-state index contributed by atoms with van der Waals surface area (Å²) in [7, 11) is 1.28. The van der Waals surface area contributed by atoms with Crippen molar-refractivity contribution in [2.45, 2.75) is 0 Å². The number of carbonyl (C=O) groups is 2. The van der Waals surface area contributed by atoms with E-state index >= 15 is 0 Å². The van der Waals surface area contributed by atoms with E-state index in [1.54, 1.807) is 42.5 Å². The molecule has 1 aliphatic heterocycles. The molecule has 142 valence electrons. The lowest BCUT2D eigenvalue weighted by molar-refractivity contribution is 0.0595. The number of methoxy groups -OCH3 is 1. The van der Waals surface area contributed by atoms with Crippen molar-refractivity contribution in [3.63, 3.8) is 0 Å². The number of halogens is 1. The lowest BCUT2D eigenvalue weighted by atomic mass is 10.1. The monoisotopic (exact) mass is 381 g/mol. The van der Waals surface area contributed by atoms with E-state index in [0.717, 1.165) is 0 Å². The van der Waals surface area contributed by atoms with Gasteiger partial charge in [-0.25, -0.2) is 9.18 Å². The molecular weight excluding hydrogens is 365 g/mol. The van der Waals surface area contributed by atoms with E-state index in [0.29, 0.717) is 5.69 Å². The lowest BCUT2D eigenvalue weighted by Gasteiger charge is -2.29. The van der Waals surface area contributed by atoms with Gasteiger partial charge in [0.2, 0.25) is 0 Å². The van der Waals surface area contributed by atoms with Crippen molar-refractivity contribution in [2.75, 3.05) is 25.2 Å². The van der Waals surface area contributed by atoms with Crippen LogP contribution in [-0.4, -0.2) is 32.1 Å². The minimum Gasteiger partial charge on any atom is -0.489 e. The van der Waals surface area contributed by atoms with Gasteiger partial charge in [0.05, 0.1) is 24.9 Å². The van der Waals surface area contributed by atoms with Gasteiger partial charge in [0, 0.05) is 0 Å². The van der Waals surface area contributed by atoms with Gasteiger partial charge >= 0.3 is 5.97 Å². The minimum absolute atomic E-state index is 0.0644. The summed E-state index contributed by atoms with van der Waals surface area (Å²) in [5.74, 6) is -0.780. The highest BCUT2D eigenvalue weighted by atomic mass is 19.1. The Kier molecular flexibility index (Phi) is 4.57. The molecule has 1 amide bonds. The molecule has 0 unspecified atom stereocenters. The average Bonchev–Trinajstić information content (AvgIpc) is 3.22. The summed E-state index contributed by atoms with van der Waals surface area (Å²) >= 11 is 0. The first-order chi connectivity index (χ1) is 13.6. The van der Waals surface area contributed by atoms with Crippen LogP contribution >= 0.6 is 0 Å².